The van der Waals surface area contributed by atoms with Crippen molar-refractivity contribution in [2.45, 2.75) is 26.8 Å². The molecule has 0 aliphatic carbocycles. The van der Waals surface area contributed by atoms with Crippen molar-refractivity contribution >= 4 is 0 Å². The first kappa shape index (κ1) is 10.8. The minimum absolute atomic E-state index is 0.000120. The molecule has 16 heavy (non-hydrogen) atoms. The van der Waals surface area contributed by atoms with Gasteiger partial charge in [-0.1, -0.05) is 6.07 Å². The fourth-order valence-electron chi connectivity index (χ4n) is 1.53. The van der Waals surface area contributed by atoms with Gasteiger partial charge in [-0.25, -0.2) is 9.97 Å². The van der Waals surface area contributed by atoms with Crippen LogP contribution < -0.4 is 5.73 Å². The van der Waals surface area contributed by atoms with Gasteiger partial charge >= 0.3 is 0 Å². The van der Waals surface area contributed by atoms with Crippen molar-refractivity contribution in [1.29, 1.82) is 0 Å². The van der Waals surface area contributed by atoms with E-state index >= 15 is 0 Å². The topological polar surface area (TPSA) is 69.6 Å². The number of rotatable bonds is 2. The number of aryl methyl sites for hydroxylation is 2. The molecule has 0 bridgehead atoms. The van der Waals surface area contributed by atoms with Crippen molar-refractivity contribution < 1.29 is 0 Å². The van der Waals surface area contributed by atoms with Crippen LogP contribution in [-0.4, -0.2) is 19.7 Å². The van der Waals surface area contributed by atoms with E-state index in [0.717, 1.165) is 23.0 Å². The number of pyridine rings is 1. The molecule has 1 atom stereocenters. The molecule has 0 amide bonds. The zero-order valence-electron chi connectivity index (χ0n) is 9.68. The summed E-state index contributed by atoms with van der Waals surface area (Å²) < 4.78 is 1.72. The molecular formula is C11H15N5. The molecule has 2 N–H and O–H groups in total. The Kier molecular flexibility index (Phi) is 2.70. The molecule has 0 saturated carbocycles. The zero-order chi connectivity index (χ0) is 11.7. The summed E-state index contributed by atoms with van der Waals surface area (Å²) in [6.07, 6.45) is 1.77. The lowest BCUT2D eigenvalue weighted by Crippen LogP contribution is -2.07. The van der Waals surface area contributed by atoms with E-state index in [1.165, 1.54) is 0 Å². The number of nitrogens with two attached hydrogens (primary N) is 1. The van der Waals surface area contributed by atoms with Crippen molar-refractivity contribution in [2.24, 2.45) is 5.73 Å². The van der Waals surface area contributed by atoms with Crippen LogP contribution in [0.1, 0.15) is 30.2 Å². The van der Waals surface area contributed by atoms with Crippen molar-refractivity contribution in [3.63, 3.8) is 0 Å². The maximum Gasteiger partial charge on any atom is 0.155 e. The van der Waals surface area contributed by atoms with Gasteiger partial charge in [0.1, 0.15) is 11.6 Å². The average Bonchev–Trinajstić information content (AvgIpc) is 2.58. The van der Waals surface area contributed by atoms with Crippen molar-refractivity contribution in [1.82, 2.24) is 19.7 Å². The number of hydrogen-bond donors (Lipinski definition) is 1. The monoisotopic (exact) mass is 217 g/mol. The number of hydrogen-bond acceptors (Lipinski definition) is 4. The van der Waals surface area contributed by atoms with Crippen LogP contribution in [0, 0.1) is 13.8 Å². The standard InChI is InChI=1S/C11H15N5/c1-7(12)10-4-5-11(13-6-10)16-9(3)14-8(2)15-16/h4-7H,12H2,1-3H3/t7-/m1/s1. The second-order valence-electron chi connectivity index (χ2n) is 3.86. The van der Waals surface area contributed by atoms with E-state index in [-0.39, 0.29) is 6.04 Å². The highest BCUT2D eigenvalue weighted by Gasteiger charge is 2.06. The second-order valence-corrected chi connectivity index (χ2v) is 3.86. The average molecular weight is 217 g/mol. The van der Waals surface area contributed by atoms with Gasteiger partial charge in [0.05, 0.1) is 0 Å². The van der Waals surface area contributed by atoms with Crippen molar-refractivity contribution in [3.05, 3.63) is 35.5 Å². The van der Waals surface area contributed by atoms with Crippen LogP contribution in [0.2, 0.25) is 0 Å². The molecule has 2 heterocycles. The molecule has 84 valence electrons. The smallest absolute Gasteiger partial charge is 0.155 e. The molecular weight excluding hydrogens is 202 g/mol. The molecule has 0 radical (unpaired) electrons. The summed E-state index contributed by atoms with van der Waals surface area (Å²) in [4.78, 5) is 8.56. The molecule has 0 aliphatic rings. The Balaban J connectivity index is 2.38. The van der Waals surface area contributed by atoms with E-state index in [9.17, 15) is 0 Å². The molecule has 2 aromatic heterocycles. The van der Waals surface area contributed by atoms with Crippen LogP contribution in [-0.2, 0) is 0 Å². The molecule has 0 unspecified atom stereocenters. The van der Waals surface area contributed by atoms with Crippen molar-refractivity contribution in [2.75, 3.05) is 0 Å². The maximum absolute atomic E-state index is 5.76. The Morgan fingerprint density at radius 1 is 1.31 bits per heavy atom. The summed E-state index contributed by atoms with van der Waals surface area (Å²) in [6.45, 7) is 5.70. The number of nitrogens with zero attached hydrogens (tertiary/aromatic N) is 4. The maximum atomic E-state index is 5.76. The minimum atomic E-state index is 0.000120. The normalized spacial score (nSPS) is 12.8. The van der Waals surface area contributed by atoms with Crippen LogP contribution >= 0.6 is 0 Å². The van der Waals surface area contributed by atoms with Crippen LogP contribution in [0.5, 0.6) is 0 Å². The van der Waals surface area contributed by atoms with Gasteiger partial charge in [-0.05, 0) is 32.4 Å². The third-order valence-corrected chi connectivity index (χ3v) is 2.39. The summed E-state index contributed by atoms with van der Waals surface area (Å²) in [5, 5.41) is 4.27. The highest BCUT2D eigenvalue weighted by Crippen LogP contribution is 2.11. The Hall–Kier alpha value is -1.75. The molecule has 0 spiro atoms. The van der Waals surface area contributed by atoms with E-state index in [2.05, 4.69) is 15.1 Å². The largest absolute Gasteiger partial charge is 0.324 e. The van der Waals surface area contributed by atoms with Gasteiger partial charge in [-0.2, -0.15) is 4.68 Å². The molecule has 0 aliphatic heterocycles. The Bertz CT molecular complexity index is 484. The lowest BCUT2D eigenvalue weighted by atomic mass is 10.2. The Morgan fingerprint density at radius 2 is 2.06 bits per heavy atom. The molecule has 0 saturated heterocycles. The number of aromatic nitrogens is 4. The van der Waals surface area contributed by atoms with Gasteiger partial charge in [0.25, 0.3) is 0 Å². The third kappa shape index (κ3) is 1.94. The van der Waals surface area contributed by atoms with Gasteiger partial charge in [-0.3, -0.25) is 0 Å². The van der Waals surface area contributed by atoms with Crippen LogP contribution in [0.25, 0.3) is 5.82 Å². The molecule has 5 nitrogen and oxygen atoms in total. The van der Waals surface area contributed by atoms with E-state index < -0.39 is 0 Å². The van der Waals surface area contributed by atoms with E-state index in [1.54, 1.807) is 10.9 Å². The molecule has 0 fully saturated rings. The van der Waals surface area contributed by atoms with E-state index in [4.69, 9.17) is 5.73 Å². The van der Waals surface area contributed by atoms with Gasteiger partial charge in [-0.15, -0.1) is 5.10 Å². The fourth-order valence-corrected chi connectivity index (χ4v) is 1.53. The highest BCUT2D eigenvalue weighted by molar-refractivity contribution is 5.26. The first-order valence-corrected chi connectivity index (χ1v) is 5.20. The summed E-state index contributed by atoms with van der Waals surface area (Å²) in [6, 6.07) is 3.86. The summed E-state index contributed by atoms with van der Waals surface area (Å²) in [5.41, 5.74) is 6.77. The van der Waals surface area contributed by atoms with Gasteiger partial charge in [0.15, 0.2) is 5.82 Å². The fraction of sp³-hybridized carbons (Fsp3) is 0.364. The Labute approximate surface area is 94.3 Å². The lowest BCUT2D eigenvalue weighted by molar-refractivity contribution is 0.781. The SMILES string of the molecule is Cc1nc(C)n(-c2ccc([C@@H](C)N)cn2)n1. The quantitative estimate of drug-likeness (QED) is 0.823. The molecule has 2 rings (SSSR count). The molecule has 2 aromatic rings. The van der Waals surface area contributed by atoms with E-state index in [1.807, 2.05) is 32.9 Å². The predicted molar refractivity (Wildman–Crippen MR) is 61.2 cm³/mol. The van der Waals surface area contributed by atoms with Gasteiger partial charge < -0.3 is 5.73 Å². The van der Waals surface area contributed by atoms with Gasteiger partial charge in [0, 0.05) is 12.2 Å². The van der Waals surface area contributed by atoms with Crippen LogP contribution in [0.15, 0.2) is 18.3 Å². The van der Waals surface area contributed by atoms with Crippen molar-refractivity contribution in [3.8, 4) is 5.82 Å². The summed E-state index contributed by atoms with van der Waals surface area (Å²) in [5.74, 6) is 2.34. The molecule has 0 aromatic carbocycles. The predicted octanol–water partition coefficient (Wildman–Crippen LogP) is 1.30. The summed E-state index contributed by atoms with van der Waals surface area (Å²) in [7, 11) is 0. The van der Waals surface area contributed by atoms with E-state index in [0.29, 0.717) is 0 Å². The highest BCUT2D eigenvalue weighted by atomic mass is 15.4. The summed E-state index contributed by atoms with van der Waals surface area (Å²) >= 11 is 0. The van der Waals surface area contributed by atoms with Gasteiger partial charge in [0.2, 0.25) is 0 Å². The molecule has 5 heteroatoms. The second kappa shape index (κ2) is 4.02. The zero-order valence-corrected chi connectivity index (χ0v) is 9.68. The van der Waals surface area contributed by atoms with Crippen LogP contribution in [0.3, 0.4) is 0 Å². The minimum Gasteiger partial charge on any atom is -0.324 e. The first-order valence-electron chi connectivity index (χ1n) is 5.20. The Morgan fingerprint density at radius 3 is 2.50 bits per heavy atom. The first-order chi connectivity index (χ1) is 7.58. The van der Waals surface area contributed by atoms with Crippen LogP contribution in [0.4, 0.5) is 0 Å². The lowest BCUT2D eigenvalue weighted by Gasteiger charge is -2.06. The third-order valence-electron chi connectivity index (χ3n) is 2.39.